The van der Waals surface area contributed by atoms with E-state index >= 15 is 0 Å². The Labute approximate surface area is 87.5 Å². The number of hydrogen-bond acceptors (Lipinski definition) is 5. The zero-order chi connectivity index (χ0) is 11.1. The van der Waals surface area contributed by atoms with Crippen molar-refractivity contribution in [1.29, 1.82) is 0 Å². The van der Waals surface area contributed by atoms with Crippen molar-refractivity contribution in [3.8, 4) is 17.2 Å². The van der Waals surface area contributed by atoms with Gasteiger partial charge in [-0.15, -0.1) is 0 Å². The maximum Gasteiger partial charge on any atom is 0.164 e. The molecule has 0 bridgehead atoms. The van der Waals surface area contributed by atoms with Crippen LogP contribution in [0.1, 0.15) is 0 Å². The summed E-state index contributed by atoms with van der Waals surface area (Å²) >= 11 is 0. The molecular weight excluding hydrogens is 200 g/mol. The summed E-state index contributed by atoms with van der Waals surface area (Å²) in [7, 11) is 0. The van der Waals surface area contributed by atoms with E-state index in [1.165, 1.54) is 18.2 Å². The average Bonchev–Trinajstić information content (AvgIpc) is 2.25. The van der Waals surface area contributed by atoms with Crippen molar-refractivity contribution in [1.82, 2.24) is 0 Å². The normalized spacial score (nSPS) is 10.0. The van der Waals surface area contributed by atoms with E-state index in [0.717, 1.165) is 0 Å². The molecule has 0 heterocycles. The molecule has 0 saturated heterocycles. The molecule has 3 N–H and O–H groups in total. The van der Waals surface area contributed by atoms with E-state index < -0.39 is 0 Å². The maximum atomic E-state index is 9.21. The second-order valence-electron chi connectivity index (χ2n) is 2.78. The molecule has 1 aromatic carbocycles. The summed E-state index contributed by atoms with van der Waals surface area (Å²) in [6.07, 6.45) is 0. The number of benzene rings is 1. The van der Waals surface area contributed by atoms with Gasteiger partial charge in [-0.2, -0.15) is 0 Å². The Hall–Kier alpha value is -1.46. The zero-order valence-electron chi connectivity index (χ0n) is 8.22. The summed E-state index contributed by atoms with van der Waals surface area (Å²) in [4.78, 5) is 0. The Kier molecular flexibility index (Phi) is 4.73. The van der Waals surface area contributed by atoms with Gasteiger partial charge in [0.1, 0.15) is 19.0 Å². The summed E-state index contributed by atoms with van der Waals surface area (Å²) in [5.74, 6) is 0.826. The van der Waals surface area contributed by atoms with E-state index in [4.69, 9.17) is 19.7 Å². The van der Waals surface area contributed by atoms with Crippen molar-refractivity contribution >= 4 is 0 Å². The number of aromatic hydroxyl groups is 1. The summed E-state index contributed by atoms with van der Waals surface area (Å²) in [6.45, 7) is 0.0641. The second kappa shape index (κ2) is 6.10. The van der Waals surface area contributed by atoms with Crippen LogP contribution in [0.2, 0.25) is 0 Å². The predicted octanol–water partition coefficient (Wildman–Crippen LogP) is 0.134. The Morgan fingerprint density at radius 3 is 2.13 bits per heavy atom. The minimum Gasteiger partial charge on any atom is -0.508 e. The average molecular weight is 214 g/mol. The van der Waals surface area contributed by atoms with Crippen LogP contribution < -0.4 is 9.47 Å². The third-order valence-corrected chi connectivity index (χ3v) is 1.62. The fraction of sp³-hybridized carbons (Fsp3) is 0.400. The molecule has 5 heteroatoms. The Bertz CT molecular complexity index is 300. The van der Waals surface area contributed by atoms with E-state index in [0.29, 0.717) is 11.5 Å². The molecule has 5 nitrogen and oxygen atoms in total. The first-order chi connectivity index (χ1) is 7.27. The highest BCUT2D eigenvalue weighted by molar-refractivity contribution is 5.45. The fourth-order valence-corrected chi connectivity index (χ4v) is 1.04. The second-order valence-corrected chi connectivity index (χ2v) is 2.78. The predicted molar refractivity (Wildman–Crippen MR) is 53.3 cm³/mol. The molecule has 0 aliphatic heterocycles. The van der Waals surface area contributed by atoms with Gasteiger partial charge in [0.15, 0.2) is 11.5 Å². The van der Waals surface area contributed by atoms with E-state index in [1.54, 1.807) is 0 Å². The van der Waals surface area contributed by atoms with Crippen LogP contribution in [0.4, 0.5) is 0 Å². The molecule has 1 rings (SSSR count). The standard InChI is InChI=1S/C10H14O5/c11-3-5-14-9-2-1-8(13)7-10(9)15-6-4-12/h1-2,7,11-13H,3-6H2. The van der Waals surface area contributed by atoms with Crippen molar-refractivity contribution in [3.63, 3.8) is 0 Å². The van der Waals surface area contributed by atoms with E-state index in [2.05, 4.69) is 0 Å². The third kappa shape index (κ3) is 3.65. The van der Waals surface area contributed by atoms with Gasteiger partial charge in [-0.3, -0.25) is 0 Å². The molecule has 0 aliphatic carbocycles. The Morgan fingerprint density at radius 1 is 0.933 bits per heavy atom. The molecule has 0 fully saturated rings. The first-order valence-corrected chi connectivity index (χ1v) is 4.58. The lowest BCUT2D eigenvalue weighted by Gasteiger charge is -2.11. The number of phenolic OH excluding ortho intramolecular Hbond substituents is 1. The molecule has 0 saturated carbocycles. The molecule has 15 heavy (non-hydrogen) atoms. The fourth-order valence-electron chi connectivity index (χ4n) is 1.04. The van der Waals surface area contributed by atoms with Crippen LogP contribution in [-0.4, -0.2) is 41.7 Å². The lowest BCUT2D eigenvalue weighted by Crippen LogP contribution is -2.06. The van der Waals surface area contributed by atoms with Crippen molar-refractivity contribution in [2.75, 3.05) is 26.4 Å². The third-order valence-electron chi connectivity index (χ3n) is 1.62. The minimum atomic E-state index is -0.116. The monoisotopic (exact) mass is 214 g/mol. The van der Waals surface area contributed by atoms with Gasteiger partial charge in [0.05, 0.1) is 13.2 Å². The van der Waals surface area contributed by atoms with Gasteiger partial charge in [0.2, 0.25) is 0 Å². The molecular formula is C10H14O5. The van der Waals surface area contributed by atoms with Crippen LogP contribution in [0, 0.1) is 0 Å². The Morgan fingerprint density at radius 2 is 1.53 bits per heavy atom. The summed E-state index contributed by atoms with van der Waals surface area (Å²) in [5.41, 5.74) is 0. The molecule has 1 aromatic rings. The summed E-state index contributed by atoms with van der Waals surface area (Å²) < 4.78 is 10.3. The van der Waals surface area contributed by atoms with Crippen LogP contribution in [0.25, 0.3) is 0 Å². The van der Waals surface area contributed by atoms with Crippen LogP contribution in [0.5, 0.6) is 17.2 Å². The van der Waals surface area contributed by atoms with Crippen LogP contribution in [0.3, 0.4) is 0 Å². The van der Waals surface area contributed by atoms with Gasteiger partial charge in [-0.25, -0.2) is 0 Å². The highest BCUT2D eigenvalue weighted by atomic mass is 16.5. The topological polar surface area (TPSA) is 79.2 Å². The maximum absolute atomic E-state index is 9.21. The quantitative estimate of drug-likeness (QED) is 0.627. The lowest BCUT2D eigenvalue weighted by molar-refractivity contribution is 0.178. The first kappa shape index (κ1) is 11.6. The van der Waals surface area contributed by atoms with E-state index in [9.17, 15) is 5.11 Å². The van der Waals surface area contributed by atoms with Gasteiger partial charge < -0.3 is 24.8 Å². The Balaban J connectivity index is 2.73. The zero-order valence-corrected chi connectivity index (χ0v) is 8.22. The molecule has 0 spiro atoms. The number of rotatable bonds is 6. The van der Waals surface area contributed by atoms with Gasteiger partial charge in [0, 0.05) is 6.07 Å². The van der Waals surface area contributed by atoms with Gasteiger partial charge in [-0.1, -0.05) is 0 Å². The SMILES string of the molecule is OCCOc1ccc(O)cc1OCCO. The van der Waals surface area contributed by atoms with E-state index in [-0.39, 0.29) is 32.2 Å². The number of ether oxygens (including phenoxy) is 2. The number of aliphatic hydroxyl groups is 2. The number of aliphatic hydroxyl groups excluding tert-OH is 2. The number of phenols is 1. The first-order valence-electron chi connectivity index (χ1n) is 4.58. The van der Waals surface area contributed by atoms with Crippen molar-refractivity contribution < 1.29 is 24.8 Å². The largest absolute Gasteiger partial charge is 0.508 e. The van der Waals surface area contributed by atoms with Gasteiger partial charge >= 0.3 is 0 Å². The summed E-state index contributed by atoms with van der Waals surface area (Å²) in [5, 5.41) is 26.4. The highest BCUT2D eigenvalue weighted by Crippen LogP contribution is 2.30. The van der Waals surface area contributed by atoms with Crippen LogP contribution in [-0.2, 0) is 0 Å². The molecule has 0 atom stereocenters. The molecule has 0 radical (unpaired) electrons. The van der Waals surface area contributed by atoms with Crippen molar-refractivity contribution in [3.05, 3.63) is 18.2 Å². The van der Waals surface area contributed by atoms with Crippen molar-refractivity contribution in [2.24, 2.45) is 0 Å². The highest BCUT2D eigenvalue weighted by Gasteiger charge is 2.05. The summed E-state index contributed by atoms with van der Waals surface area (Å²) in [6, 6.07) is 4.39. The van der Waals surface area contributed by atoms with Gasteiger partial charge in [-0.05, 0) is 12.1 Å². The van der Waals surface area contributed by atoms with Crippen LogP contribution >= 0.6 is 0 Å². The molecule has 0 aromatic heterocycles. The molecule has 84 valence electrons. The van der Waals surface area contributed by atoms with Crippen molar-refractivity contribution in [2.45, 2.75) is 0 Å². The lowest BCUT2D eigenvalue weighted by atomic mass is 10.3. The smallest absolute Gasteiger partial charge is 0.164 e. The number of hydrogen-bond donors (Lipinski definition) is 3. The molecule has 0 amide bonds. The molecule has 0 aliphatic rings. The van der Waals surface area contributed by atoms with Gasteiger partial charge in [0.25, 0.3) is 0 Å². The van der Waals surface area contributed by atoms with E-state index in [1.807, 2.05) is 0 Å². The minimum absolute atomic E-state index is 0.0549. The molecule has 0 unspecified atom stereocenters. The van der Waals surface area contributed by atoms with Crippen LogP contribution in [0.15, 0.2) is 18.2 Å².